The maximum atomic E-state index is 13.5. The minimum absolute atomic E-state index is 0.127. The van der Waals surface area contributed by atoms with Gasteiger partial charge in [0.1, 0.15) is 18.8 Å². The third-order valence-corrected chi connectivity index (χ3v) is 6.89. The summed E-state index contributed by atoms with van der Waals surface area (Å²) in [5.41, 5.74) is 4.63. The zero-order valence-electron chi connectivity index (χ0n) is 22.5. The number of hydrogen-bond donors (Lipinski definition) is 0. The van der Waals surface area contributed by atoms with Gasteiger partial charge in [-0.3, -0.25) is 0 Å². The Morgan fingerprint density at radius 2 is 0.950 bits per heavy atom. The van der Waals surface area contributed by atoms with Gasteiger partial charge >= 0.3 is 0 Å². The van der Waals surface area contributed by atoms with E-state index in [1.165, 1.54) is 0 Å². The van der Waals surface area contributed by atoms with Crippen LogP contribution in [0.15, 0.2) is 121 Å². The number of hydrogen-bond acceptors (Lipinski definition) is 5. The smallest absolute Gasteiger partial charge is 0.221 e. The summed E-state index contributed by atoms with van der Waals surface area (Å²) < 4.78 is 26.3. The van der Waals surface area contributed by atoms with Gasteiger partial charge in [-0.15, -0.1) is 0 Å². The van der Waals surface area contributed by atoms with Crippen molar-refractivity contribution in [3.8, 4) is 0 Å². The van der Waals surface area contributed by atoms with Crippen LogP contribution in [0.2, 0.25) is 0 Å². The van der Waals surface area contributed by atoms with E-state index < -0.39 is 18.3 Å². The first-order valence-electron chi connectivity index (χ1n) is 13.6. The first-order valence-corrected chi connectivity index (χ1v) is 13.6. The van der Waals surface area contributed by atoms with E-state index in [4.69, 9.17) is 18.9 Å². The second kappa shape index (κ2) is 14.5. The van der Waals surface area contributed by atoms with Crippen LogP contribution in [0.4, 0.5) is 0 Å². The molecule has 0 spiro atoms. The highest BCUT2D eigenvalue weighted by atomic mass is 16.6. The third kappa shape index (κ3) is 7.87. The van der Waals surface area contributed by atoms with Crippen LogP contribution in [0.5, 0.6) is 0 Å². The predicted octanol–water partition coefficient (Wildman–Crippen LogP) is 5.92. The van der Waals surface area contributed by atoms with Crippen LogP contribution in [0, 0.1) is 5.21 Å². The van der Waals surface area contributed by atoms with Gasteiger partial charge in [-0.1, -0.05) is 121 Å². The summed E-state index contributed by atoms with van der Waals surface area (Å²) in [4.78, 5) is 0. The molecule has 0 aromatic heterocycles. The highest BCUT2D eigenvalue weighted by Gasteiger charge is 2.45. The molecule has 0 saturated carbocycles. The van der Waals surface area contributed by atoms with Gasteiger partial charge in [0.05, 0.1) is 26.4 Å². The molecule has 6 nitrogen and oxygen atoms in total. The second-order valence-electron chi connectivity index (χ2n) is 9.84. The van der Waals surface area contributed by atoms with Gasteiger partial charge in [-0.05, 0) is 22.3 Å². The summed E-state index contributed by atoms with van der Waals surface area (Å²) in [6.07, 6.45) is -1.65. The number of benzene rings is 4. The summed E-state index contributed by atoms with van der Waals surface area (Å²) in [5.74, 6) is 0. The Morgan fingerprint density at radius 3 is 1.45 bits per heavy atom. The highest BCUT2D eigenvalue weighted by Crippen LogP contribution is 2.24. The fourth-order valence-corrected chi connectivity index (χ4v) is 4.75. The molecule has 0 amide bonds. The Hall–Kier alpha value is -3.81. The van der Waals surface area contributed by atoms with E-state index in [1.807, 2.05) is 121 Å². The lowest BCUT2D eigenvalue weighted by Crippen LogP contribution is -2.57. The maximum Gasteiger partial charge on any atom is 0.221 e. The Labute approximate surface area is 236 Å². The Bertz CT molecular complexity index is 1320. The van der Waals surface area contributed by atoms with Crippen LogP contribution < -0.4 is 0 Å². The standard InChI is InChI=1S/C34H35NO5/c36-35-21-32(38-23-28-15-7-2-8-16-28)34(40-25-30-19-11-4-12-20-30)33(39-24-29-17-9-3-10-18-29)31(35)26-37-22-27-13-5-1-6-14-27/h1-20,32-34H,21-26H2/t32-,33-,34-/m1/s1. The first kappa shape index (κ1) is 27.7. The molecule has 0 aliphatic carbocycles. The van der Waals surface area contributed by atoms with Crippen LogP contribution in [0.3, 0.4) is 0 Å². The molecule has 206 valence electrons. The van der Waals surface area contributed by atoms with Crippen molar-refractivity contribution in [2.24, 2.45) is 0 Å². The van der Waals surface area contributed by atoms with Gasteiger partial charge in [0.25, 0.3) is 0 Å². The average molecular weight is 538 g/mol. The first-order chi connectivity index (χ1) is 19.8. The maximum absolute atomic E-state index is 13.5. The van der Waals surface area contributed by atoms with Gasteiger partial charge in [0.2, 0.25) is 5.71 Å². The molecule has 0 bridgehead atoms. The van der Waals surface area contributed by atoms with E-state index in [0.717, 1.165) is 27.0 Å². The Kier molecular flexibility index (Phi) is 10.1. The largest absolute Gasteiger partial charge is 0.624 e. The van der Waals surface area contributed by atoms with Crippen molar-refractivity contribution < 1.29 is 23.7 Å². The number of nitrogens with zero attached hydrogens (tertiary/aromatic N) is 1. The third-order valence-electron chi connectivity index (χ3n) is 6.89. The summed E-state index contributed by atoms with van der Waals surface area (Å²) in [6.45, 7) is 1.73. The molecule has 3 atom stereocenters. The van der Waals surface area contributed by atoms with Gasteiger partial charge in [0, 0.05) is 0 Å². The fraction of sp³-hybridized carbons (Fsp3) is 0.265. The van der Waals surface area contributed by atoms with Crippen molar-refractivity contribution >= 4 is 5.71 Å². The number of rotatable bonds is 13. The summed E-state index contributed by atoms with van der Waals surface area (Å²) >= 11 is 0. The van der Waals surface area contributed by atoms with E-state index in [1.54, 1.807) is 0 Å². The highest BCUT2D eigenvalue weighted by molar-refractivity contribution is 5.86. The normalized spacial score (nSPS) is 19.1. The summed E-state index contributed by atoms with van der Waals surface area (Å²) in [7, 11) is 0. The van der Waals surface area contributed by atoms with E-state index in [9.17, 15) is 5.21 Å². The van der Waals surface area contributed by atoms with Crippen LogP contribution >= 0.6 is 0 Å². The number of ether oxygens (including phenoxy) is 4. The molecule has 1 aliphatic rings. The van der Waals surface area contributed by atoms with Crippen molar-refractivity contribution in [3.63, 3.8) is 0 Å². The molecule has 1 aliphatic heterocycles. The molecule has 40 heavy (non-hydrogen) atoms. The molecule has 6 heteroatoms. The van der Waals surface area contributed by atoms with Crippen molar-refractivity contribution in [1.29, 1.82) is 0 Å². The molecule has 4 aromatic carbocycles. The lowest BCUT2D eigenvalue weighted by molar-refractivity contribution is -0.490. The molecule has 4 aromatic rings. The molecule has 0 saturated heterocycles. The lowest BCUT2D eigenvalue weighted by atomic mass is 9.98. The van der Waals surface area contributed by atoms with Crippen molar-refractivity contribution in [1.82, 2.24) is 0 Å². The average Bonchev–Trinajstić information content (AvgIpc) is 3.01. The van der Waals surface area contributed by atoms with Crippen LogP contribution in [0.25, 0.3) is 0 Å². The van der Waals surface area contributed by atoms with Crippen molar-refractivity contribution in [2.45, 2.75) is 44.7 Å². The predicted molar refractivity (Wildman–Crippen MR) is 155 cm³/mol. The fourth-order valence-electron chi connectivity index (χ4n) is 4.75. The summed E-state index contributed by atoms with van der Waals surface area (Å²) in [6, 6.07) is 39.8. The van der Waals surface area contributed by atoms with E-state index in [0.29, 0.717) is 32.1 Å². The van der Waals surface area contributed by atoms with Gasteiger partial charge in [-0.25, -0.2) is 4.74 Å². The van der Waals surface area contributed by atoms with Gasteiger partial charge in [0.15, 0.2) is 12.6 Å². The van der Waals surface area contributed by atoms with Crippen LogP contribution in [0.1, 0.15) is 22.3 Å². The molecule has 0 unspecified atom stereocenters. The topological polar surface area (TPSA) is 63.0 Å². The molecule has 0 N–H and O–H groups in total. The van der Waals surface area contributed by atoms with E-state index in [2.05, 4.69) is 0 Å². The molecule has 0 radical (unpaired) electrons. The molecular formula is C34H35NO5. The zero-order chi connectivity index (χ0) is 27.4. The minimum Gasteiger partial charge on any atom is -0.624 e. The van der Waals surface area contributed by atoms with Crippen molar-refractivity contribution in [3.05, 3.63) is 149 Å². The monoisotopic (exact) mass is 537 g/mol. The van der Waals surface area contributed by atoms with Crippen LogP contribution in [-0.2, 0) is 45.4 Å². The van der Waals surface area contributed by atoms with Gasteiger partial charge in [-0.2, -0.15) is 0 Å². The van der Waals surface area contributed by atoms with E-state index in [-0.39, 0.29) is 13.2 Å². The quantitative estimate of drug-likeness (QED) is 0.156. The summed E-state index contributed by atoms with van der Waals surface area (Å²) in [5, 5.41) is 13.5. The second-order valence-corrected chi connectivity index (χ2v) is 9.84. The molecule has 0 fully saturated rings. The SMILES string of the molecule is [O-][N+]1=C(COCc2ccccc2)[C@@H](OCc2ccccc2)[C@H](OCc2ccccc2)[C@H](OCc2ccccc2)C1. The van der Waals surface area contributed by atoms with Gasteiger partial charge < -0.3 is 24.2 Å². The van der Waals surface area contributed by atoms with Crippen LogP contribution in [-0.4, -0.2) is 41.9 Å². The molecule has 1 heterocycles. The van der Waals surface area contributed by atoms with E-state index >= 15 is 0 Å². The molecule has 5 rings (SSSR count). The Balaban J connectivity index is 1.38. The Morgan fingerprint density at radius 1 is 0.525 bits per heavy atom. The van der Waals surface area contributed by atoms with Crippen molar-refractivity contribution in [2.75, 3.05) is 13.2 Å². The lowest BCUT2D eigenvalue weighted by Gasteiger charge is -2.36. The minimum atomic E-state index is -0.647. The molecular weight excluding hydrogens is 502 g/mol. The zero-order valence-corrected chi connectivity index (χ0v) is 22.5. The number of hydroxylamine groups is 1.